The molecule has 0 radical (unpaired) electrons. The molecule has 77 heavy (non-hydrogen) atoms. The van der Waals surface area contributed by atoms with E-state index in [2.05, 4.69) is 129 Å². The second kappa shape index (κ2) is 55.9. The zero-order valence-corrected chi connectivity index (χ0v) is 48.9. The third-order valence-electron chi connectivity index (χ3n) is 14.0. The normalized spacial score (nSPS) is 19.6. The van der Waals surface area contributed by atoms with Crippen molar-refractivity contribution >= 4 is 5.91 Å². The maximum absolute atomic E-state index is 13.1. The van der Waals surface area contributed by atoms with E-state index in [1.54, 1.807) is 6.08 Å². The Balaban J connectivity index is 2.27. The first-order valence-electron chi connectivity index (χ1n) is 31.3. The average Bonchev–Trinajstić information content (AvgIpc) is 3.43. The van der Waals surface area contributed by atoms with E-state index in [4.69, 9.17) is 9.47 Å². The van der Waals surface area contributed by atoms with Gasteiger partial charge in [0.15, 0.2) is 6.29 Å². The van der Waals surface area contributed by atoms with Crippen molar-refractivity contribution in [3.63, 3.8) is 0 Å². The number of ether oxygens (including phenoxy) is 2. The predicted molar refractivity (Wildman–Crippen MR) is 327 cm³/mol. The number of amides is 1. The van der Waals surface area contributed by atoms with Crippen LogP contribution in [0.1, 0.15) is 245 Å². The zero-order valence-electron chi connectivity index (χ0n) is 48.9. The molecule has 1 aliphatic rings. The van der Waals surface area contributed by atoms with Crippen molar-refractivity contribution in [3.05, 3.63) is 122 Å². The van der Waals surface area contributed by atoms with Gasteiger partial charge in [-0.15, -0.1) is 0 Å². The van der Waals surface area contributed by atoms with Crippen molar-refractivity contribution < 1.29 is 39.8 Å². The highest BCUT2D eigenvalue weighted by molar-refractivity contribution is 5.76. The van der Waals surface area contributed by atoms with Crippen molar-refractivity contribution in [1.82, 2.24) is 5.32 Å². The topological polar surface area (TPSA) is 149 Å². The first-order valence-corrected chi connectivity index (χ1v) is 31.3. The van der Waals surface area contributed by atoms with Crippen LogP contribution in [0, 0.1) is 0 Å². The zero-order chi connectivity index (χ0) is 55.8. The van der Waals surface area contributed by atoms with Gasteiger partial charge >= 0.3 is 0 Å². The molecule has 0 saturated carbocycles. The molecule has 1 aliphatic heterocycles. The third kappa shape index (κ3) is 45.1. The number of carbonyl (C=O) groups is 1. The van der Waals surface area contributed by atoms with E-state index < -0.39 is 49.5 Å². The lowest BCUT2D eigenvalue weighted by molar-refractivity contribution is -0.302. The number of hydrogen-bond acceptors (Lipinski definition) is 8. The minimum Gasteiger partial charge on any atom is -0.394 e. The van der Waals surface area contributed by atoms with E-state index in [0.29, 0.717) is 6.42 Å². The molecule has 0 aromatic carbocycles. The number of aliphatic hydroxyl groups is 5. The number of aliphatic hydroxyl groups excluding tert-OH is 5. The molecule has 1 rings (SSSR count). The van der Waals surface area contributed by atoms with Crippen LogP contribution in [0.25, 0.3) is 0 Å². The van der Waals surface area contributed by atoms with Gasteiger partial charge in [0, 0.05) is 6.42 Å². The molecule has 7 unspecified atom stereocenters. The van der Waals surface area contributed by atoms with Crippen LogP contribution in [-0.4, -0.2) is 87.5 Å². The Hall–Kier alpha value is -3.41. The Kier molecular flexibility index (Phi) is 52.0. The lowest BCUT2D eigenvalue weighted by atomic mass is 9.99. The highest BCUT2D eigenvalue weighted by Gasteiger charge is 2.44. The lowest BCUT2D eigenvalue weighted by Crippen LogP contribution is -2.60. The summed E-state index contributed by atoms with van der Waals surface area (Å²) in [6, 6.07) is -0.850. The summed E-state index contributed by atoms with van der Waals surface area (Å²) in [5, 5.41) is 54.6. The van der Waals surface area contributed by atoms with Crippen LogP contribution >= 0.6 is 0 Å². The number of rotatable bonds is 52. The fourth-order valence-electron chi connectivity index (χ4n) is 9.11. The third-order valence-corrected chi connectivity index (χ3v) is 14.0. The van der Waals surface area contributed by atoms with Gasteiger partial charge in [0.2, 0.25) is 5.91 Å². The molecule has 1 heterocycles. The first-order chi connectivity index (χ1) is 37.8. The van der Waals surface area contributed by atoms with E-state index >= 15 is 0 Å². The van der Waals surface area contributed by atoms with Crippen molar-refractivity contribution in [2.24, 2.45) is 0 Å². The summed E-state index contributed by atoms with van der Waals surface area (Å²) in [6.45, 7) is 3.64. The summed E-state index contributed by atoms with van der Waals surface area (Å²) in [5.41, 5.74) is 0. The second-order valence-electron chi connectivity index (χ2n) is 21.1. The molecule has 7 atom stereocenters. The van der Waals surface area contributed by atoms with Gasteiger partial charge < -0.3 is 40.3 Å². The summed E-state index contributed by atoms with van der Waals surface area (Å²) in [4.78, 5) is 13.1. The van der Waals surface area contributed by atoms with Crippen LogP contribution in [0.15, 0.2) is 122 Å². The van der Waals surface area contributed by atoms with E-state index in [-0.39, 0.29) is 12.5 Å². The average molecular weight is 1070 g/mol. The Labute approximate surface area is 471 Å². The van der Waals surface area contributed by atoms with Crippen molar-refractivity contribution in [3.8, 4) is 0 Å². The Morgan fingerprint density at radius 1 is 0.455 bits per heavy atom. The molecular formula is C68H115NO8. The molecule has 1 amide bonds. The molecule has 1 saturated heterocycles. The summed E-state index contributed by atoms with van der Waals surface area (Å²) in [5.74, 6) is -0.214. The summed E-state index contributed by atoms with van der Waals surface area (Å²) < 4.78 is 11.3. The van der Waals surface area contributed by atoms with Crippen LogP contribution in [-0.2, 0) is 14.3 Å². The van der Waals surface area contributed by atoms with Gasteiger partial charge in [-0.1, -0.05) is 257 Å². The van der Waals surface area contributed by atoms with Gasteiger partial charge in [0.25, 0.3) is 0 Å². The molecule has 440 valence electrons. The molecule has 0 aromatic heterocycles. The number of hydrogen-bond donors (Lipinski definition) is 6. The maximum atomic E-state index is 13.1. The molecule has 0 spiro atoms. The summed E-state index contributed by atoms with van der Waals surface area (Å²) in [6.07, 6.45) is 77.0. The predicted octanol–water partition coefficient (Wildman–Crippen LogP) is 16.3. The minimum atomic E-state index is -1.59. The van der Waals surface area contributed by atoms with E-state index in [9.17, 15) is 30.3 Å². The van der Waals surface area contributed by atoms with Crippen molar-refractivity contribution in [1.29, 1.82) is 0 Å². The largest absolute Gasteiger partial charge is 0.394 e. The Morgan fingerprint density at radius 2 is 0.818 bits per heavy atom. The van der Waals surface area contributed by atoms with Crippen LogP contribution in [0.5, 0.6) is 0 Å². The second-order valence-corrected chi connectivity index (χ2v) is 21.1. The minimum absolute atomic E-state index is 0.214. The SMILES string of the molecule is CC/C=C\C/C=C\C/C=C\C/C=C\C/C=C\C/C=C\C/C=C\CCCCCCCC(=O)NC(COC1OC(CO)C(O)C(O)C1O)C(O)/C=C/CC/C=C/CC/C=C/CCCCCCCCCCCCCCCCCCC. The van der Waals surface area contributed by atoms with E-state index in [1.165, 1.54) is 109 Å². The summed E-state index contributed by atoms with van der Waals surface area (Å²) in [7, 11) is 0. The highest BCUT2D eigenvalue weighted by atomic mass is 16.7. The molecule has 6 N–H and O–H groups in total. The standard InChI is InChI=1S/C68H115NO8/c1-3-5-7-9-11-13-15-17-19-21-23-25-27-29-31-33-35-37-39-41-43-45-47-49-51-53-55-57-62(71)61(60-76-68-67(75)66(74)65(73)63(59-70)77-68)69-64(72)58-56-54-52-50-48-46-44-42-40-38-36-34-32-30-28-26-24-22-20-18-16-14-12-10-8-6-4-2/h6,8,12,14,18,20,24,26,30,32,36,38-39,41-42,44,47,49,55,57,61-63,65-68,70-71,73-75H,3-5,7,9-11,13,15-17,19,21-23,25,27-29,31,33-35,37,40,43,45-46,48,50-54,56,58-60H2,1-2H3,(H,69,72)/b8-6-,14-12-,20-18-,26-24-,32-30-,38-36-,41-39+,44-42-,49-47+,57-55+. The molecule has 0 aliphatic carbocycles. The first kappa shape index (κ1) is 71.6. The Bertz CT molecular complexity index is 1620. The lowest BCUT2D eigenvalue weighted by Gasteiger charge is -2.40. The van der Waals surface area contributed by atoms with Crippen LogP contribution in [0.3, 0.4) is 0 Å². The van der Waals surface area contributed by atoms with Gasteiger partial charge in [-0.2, -0.15) is 0 Å². The van der Waals surface area contributed by atoms with E-state index in [1.807, 2.05) is 6.08 Å². The maximum Gasteiger partial charge on any atom is 0.220 e. The fourth-order valence-corrected chi connectivity index (χ4v) is 9.11. The molecule has 0 aromatic rings. The van der Waals surface area contributed by atoms with Gasteiger partial charge in [0.1, 0.15) is 24.4 Å². The van der Waals surface area contributed by atoms with Crippen LogP contribution < -0.4 is 5.32 Å². The number of carbonyl (C=O) groups excluding carboxylic acids is 1. The molecule has 9 heteroatoms. The van der Waals surface area contributed by atoms with Crippen molar-refractivity contribution in [2.45, 2.75) is 288 Å². The van der Waals surface area contributed by atoms with Gasteiger partial charge in [-0.3, -0.25) is 4.79 Å². The van der Waals surface area contributed by atoms with Crippen LogP contribution in [0.4, 0.5) is 0 Å². The van der Waals surface area contributed by atoms with Gasteiger partial charge in [-0.05, 0) is 103 Å². The van der Waals surface area contributed by atoms with E-state index in [0.717, 1.165) is 116 Å². The number of allylic oxidation sites excluding steroid dienone is 19. The van der Waals surface area contributed by atoms with Gasteiger partial charge in [-0.25, -0.2) is 0 Å². The van der Waals surface area contributed by atoms with Crippen molar-refractivity contribution in [2.75, 3.05) is 13.2 Å². The van der Waals surface area contributed by atoms with Gasteiger partial charge in [0.05, 0.1) is 25.4 Å². The number of unbranched alkanes of at least 4 members (excludes halogenated alkanes) is 24. The number of nitrogens with one attached hydrogen (secondary N) is 1. The quantitative estimate of drug-likeness (QED) is 0.0261. The summed E-state index contributed by atoms with van der Waals surface area (Å²) >= 11 is 0. The molecule has 0 bridgehead atoms. The molecular weight excluding hydrogens is 959 g/mol. The Morgan fingerprint density at radius 3 is 1.25 bits per heavy atom. The monoisotopic (exact) mass is 1070 g/mol. The fraction of sp³-hybridized carbons (Fsp3) is 0.691. The van der Waals surface area contributed by atoms with Crippen LogP contribution in [0.2, 0.25) is 0 Å². The molecule has 9 nitrogen and oxygen atoms in total. The highest BCUT2D eigenvalue weighted by Crippen LogP contribution is 2.23. The smallest absolute Gasteiger partial charge is 0.220 e. The molecule has 1 fully saturated rings.